The lowest BCUT2D eigenvalue weighted by Gasteiger charge is -2.60. The molecule has 4 N–H and O–H groups in total. The highest BCUT2D eigenvalue weighted by atomic mass is 16.5. The zero-order chi connectivity index (χ0) is 22.2. The van der Waals surface area contributed by atoms with Crippen LogP contribution < -0.4 is 15.4 Å². The summed E-state index contributed by atoms with van der Waals surface area (Å²) in [5, 5.41) is 26.3. The Bertz CT molecular complexity index is 992. The Morgan fingerprint density at radius 2 is 2.09 bits per heavy atom. The molecule has 3 aliphatic carbocycles. The number of aliphatic carboxylic acids is 1. The maximum absolute atomic E-state index is 12.0. The average molecular weight is 442 g/mol. The van der Waals surface area contributed by atoms with Crippen LogP contribution in [0.1, 0.15) is 50.2 Å². The number of carboxylic acids is 1. The molecule has 0 unspecified atom stereocenters. The van der Waals surface area contributed by atoms with Crippen LogP contribution in [0.2, 0.25) is 0 Å². The van der Waals surface area contributed by atoms with E-state index in [-0.39, 0.29) is 35.8 Å². The summed E-state index contributed by atoms with van der Waals surface area (Å²) in [4.78, 5) is 25.9. The van der Waals surface area contributed by atoms with E-state index in [2.05, 4.69) is 15.5 Å². The predicted octanol–water partition coefficient (Wildman–Crippen LogP) is 1.84. The number of rotatable bonds is 6. The zero-order valence-electron chi connectivity index (χ0n) is 18.4. The Balaban J connectivity index is 1.47. The minimum Gasteiger partial charge on any atom is -0.504 e. The van der Waals surface area contributed by atoms with E-state index in [4.69, 9.17) is 4.74 Å². The standard InChI is InChI=1S/C24H31N3O5/c1-12(28)26-17-9-19(29)22-21-14(17)8-18-15-4-5-16(25-10-20(30)31)23(32-22)24(15,21)6-7-27(18)11-13-2-3-13/h9,13,15-16,18,23,25,29H,2-8,10-11H2,1H3,(H,26,28)(H,30,31)/t15-,16+,18+,23-,24-/m0/s1. The van der Waals surface area contributed by atoms with E-state index in [1.165, 1.54) is 19.8 Å². The number of nitrogens with one attached hydrogen (secondary N) is 2. The minimum absolute atomic E-state index is 0.0610. The van der Waals surface area contributed by atoms with Crippen molar-refractivity contribution in [1.82, 2.24) is 10.2 Å². The summed E-state index contributed by atoms with van der Waals surface area (Å²) in [5.74, 6) is 0.786. The fraction of sp³-hybridized carbons (Fsp3) is 0.667. The number of anilines is 1. The van der Waals surface area contributed by atoms with Gasteiger partial charge in [0, 0.05) is 48.3 Å². The third kappa shape index (κ3) is 2.88. The molecule has 2 saturated carbocycles. The van der Waals surface area contributed by atoms with Crippen molar-refractivity contribution in [2.75, 3.05) is 25.0 Å². The molecule has 8 nitrogen and oxygen atoms in total. The number of likely N-dealkylation sites (tertiary alicyclic amines) is 1. The number of amides is 1. The third-order valence-electron chi connectivity index (χ3n) is 8.58. The summed E-state index contributed by atoms with van der Waals surface area (Å²) in [6.07, 6.45) is 6.07. The molecule has 2 aliphatic heterocycles. The van der Waals surface area contributed by atoms with Gasteiger partial charge in [-0.25, -0.2) is 0 Å². The molecule has 0 radical (unpaired) electrons. The van der Waals surface area contributed by atoms with Crippen molar-refractivity contribution >= 4 is 17.6 Å². The summed E-state index contributed by atoms with van der Waals surface area (Å²) < 4.78 is 6.51. The first-order valence-electron chi connectivity index (χ1n) is 11.9. The SMILES string of the molecule is CC(=O)Nc1cc(O)c2c3c1C[C@@H]1[C@@H]4CC[C@@H](NCC(=O)O)[C@H](O2)[C@]34CCN1CC1CC1. The Labute approximate surface area is 187 Å². The van der Waals surface area contributed by atoms with Gasteiger partial charge in [0.1, 0.15) is 6.10 Å². The molecule has 3 fully saturated rings. The van der Waals surface area contributed by atoms with Crippen LogP contribution in [0.25, 0.3) is 0 Å². The predicted molar refractivity (Wildman–Crippen MR) is 117 cm³/mol. The first kappa shape index (κ1) is 20.3. The summed E-state index contributed by atoms with van der Waals surface area (Å²) >= 11 is 0. The van der Waals surface area contributed by atoms with Gasteiger partial charge >= 0.3 is 5.97 Å². The average Bonchev–Trinajstić information content (AvgIpc) is 3.48. The Morgan fingerprint density at radius 3 is 2.81 bits per heavy atom. The third-order valence-corrected chi connectivity index (χ3v) is 8.58. The van der Waals surface area contributed by atoms with Crippen molar-refractivity contribution in [3.8, 4) is 11.5 Å². The number of aromatic hydroxyl groups is 1. The molecule has 8 heteroatoms. The molecule has 1 saturated heterocycles. The minimum atomic E-state index is -0.877. The van der Waals surface area contributed by atoms with Gasteiger partial charge in [0.15, 0.2) is 11.5 Å². The summed E-state index contributed by atoms with van der Waals surface area (Å²) in [6.45, 7) is 3.52. The molecule has 0 aromatic heterocycles. The van der Waals surface area contributed by atoms with Gasteiger partial charge in [0.05, 0.1) is 6.54 Å². The smallest absolute Gasteiger partial charge is 0.317 e. The molecule has 1 amide bonds. The fourth-order valence-electron chi connectivity index (χ4n) is 7.30. The molecule has 5 atom stereocenters. The molecule has 172 valence electrons. The topological polar surface area (TPSA) is 111 Å². The van der Waals surface area contributed by atoms with Gasteiger partial charge in [0.2, 0.25) is 5.91 Å². The second-order valence-corrected chi connectivity index (χ2v) is 10.4. The number of benzene rings is 1. The lowest BCUT2D eigenvalue weighted by molar-refractivity contribution is -0.136. The molecule has 1 spiro atoms. The second-order valence-electron chi connectivity index (χ2n) is 10.4. The molecule has 2 bridgehead atoms. The number of carbonyl (C=O) groups excluding carboxylic acids is 1. The number of nitrogens with zero attached hydrogens (tertiary/aromatic N) is 1. The van der Waals surface area contributed by atoms with Crippen LogP contribution in [0.3, 0.4) is 0 Å². The van der Waals surface area contributed by atoms with E-state index >= 15 is 0 Å². The number of carbonyl (C=O) groups is 2. The van der Waals surface area contributed by atoms with Crippen molar-refractivity contribution in [2.45, 2.75) is 69.1 Å². The van der Waals surface area contributed by atoms with E-state index in [0.717, 1.165) is 55.8 Å². The van der Waals surface area contributed by atoms with Gasteiger partial charge in [-0.1, -0.05) is 0 Å². The number of piperidine rings is 1. The molecule has 32 heavy (non-hydrogen) atoms. The number of ether oxygens (including phenoxy) is 1. The van der Waals surface area contributed by atoms with Crippen LogP contribution in [-0.4, -0.2) is 64.8 Å². The van der Waals surface area contributed by atoms with Crippen molar-refractivity contribution in [3.63, 3.8) is 0 Å². The lowest BCUT2D eigenvalue weighted by Crippen LogP contribution is -2.68. The summed E-state index contributed by atoms with van der Waals surface area (Å²) in [6, 6.07) is 1.93. The van der Waals surface area contributed by atoms with Crippen molar-refractivity contribution < 1.29 is 24.5 Å². The maximum atomic E-state index is 12.0. The van der Waals surface area contributed by atoms with Gasteiger partial charge in [-0.15, -0.1) is 0 Å². The normalized spacial score (nSPS) is 34.5. The first-order valence-corrected chi connectivity index (χ1v) is 11.9. The highest BCUT2D eigenvalue weighted by molar-refractivity contribution is 5.91. The Hall–Kier alpha value is -2.32. The fourth-order valence-corrected chi connectivity index (χ4v) is 7.30. The lowest BCUT2D eigenvalue weighted by atomic mass is 9.51. The first-order chi connectivity index (χ1) is 15.4. The van der Waals surface area contributed by atoms with Crippen LogP contribution in [-0.2, 0) is 21.4 Å². The van der Waals surface area contributed by atoms with Crippen molar-refractivity contribution in [1.29, 1.82) is 0 Å². The largest absolute Gasteiger partial charge is 0.504 e. The molecule has 1 aromatic carbocycles. The summed E-state index contributed by atoms with van der Waals surface area (Å²) in [7, 11) is 0. The molecule has 2 heterocycles. The molecule has 5 aliphatic rings. The maximum Gasteiger partial charge on any atom is 0.317 e. The number of hydrogen-bond acceptors (Lipinski definition) is 6. The zero-order valence-corrected chi connectivity index (χ0v) is 18.4. The van der Waals surface area contributed by atoms with Crippen LogP contribution in [0.5, 0.6) is 11.5 Å². The van der Waals surface area contributed by atoms with Gasteiger partial charge < -0.3 is 25.6 Å². The molecule has 1 aromatic rings. The van der Waals surface area contributed by atoms with Gasteiger partial charge in [-0.3, -0.25) is 14.5 Å². The monoisotopic (exact) mass is 441 g/mol. The quantitative estimate of drug-likeness (QED) is 0.533. The number of phenols is 1. The molecular weight excluding hydrogens is 410 g/mol. The van der Waals surface area contributed by atoms with E-state index in [9.17, 15) is 19.8 Å². The second kappa shape index (κ2) is 7.09. The summed E-state index contributed by atoms with van der Waals surface area (Å²) in [5.41, 5.74) is 2.60. The van der Waals surface area contributed by atoms with Gasteiger partial charge in [0.25, 0.3) is 0 Å². The van der Waals surface area contributed by atoms with Crippen molar-refractivity contribution in [3.05, 3.63) is 17.2 Å². The Morgan fingerprint density at radius 1 is 1.28 bits per heavy atom. The number of phenolic OH excluding ortho intramolecular Hbond substituents is 1. The van der Waals surface area contributed by atoms with Crippen LogP contribution in [0, 0.1) is 11.8 Å². The van der Waals surface area contributed by atoms with Crippen LogP contribution in [0.15, 0.2) is 6.07 Å². The Kier molecular flexibility index (Phi) is 4.50. The van der Waals surface area contributed by atoms with E-state index in [1.807, 2.05) is 0 Å². The van der Waals surface area contributed by atoms with E-state index in [1.54, 1.807) is 6.07 Å². The molecular formula is C24H31N3O5. The van der Waals surface area contributed by atoms with Crippen LogP contribution >= 0.6 is 0 Å². The van der Waals surface area contributed by atoms with Gasteiger partial charge in [-0.05, 0) is 62.5 Å². The highest BCUT2D eigenvalue weighted by Crippen LogP contribution is 2.65. The van der Waals surface area contributed by atoms with Gasteiger partial charge in [-0.2, -0.15) is 0 Å². The highest BCUT2D eigenvalue weighted by Gasteiger charge is 2.66. The number of carboxylic acid groups (broad SMARTS) is 1. The number of hydrogen-bond donors (Lipinski definition) is 4. The van der Waals surface area contributed by atoms with E-state index in [0.29, 0.717) is 23.4 Å². The van der Waals surface area contributed by atoms with E-state index < -0.39 is 5.97 Å². The van der Waals surface area contributed by atoms with Crippen molar-refractivity contribution in [2.24, 2.45) is 11.8 Å². The molecule has 6 rings (SSSR count). The van der Waals surface area contributed by atoms with Crippen LogP contribution in [0.4, 0.5) is 5.69 Å².